The third-order valence-corrected chi connectivity index (χ3v) is 4.42. The highest BCUT2D eigenvalue weighted by Gasteiger charge is 2.35. The zero-order chi connectivity index (χ0) is 18.3. The molecule has 0 radical (unpaired) electrons. The molecule has 1 aromatic rings. The first kappa shape index (κ1) is 20.8. The number of halogens is 2. The molecule has 2 amide bonds. The van der Waals surface area contributed by atoms with Gasteiger partial charge in [-0.25, -0.2) is 0 Å². The fraction of sp³-hybridized carbons (Fsp3) is 0.556. The molecular formula is C18H26Cl2N2O2. The van der Waals surface area contributed by atoms with E-state index in [1.165, 1.54) is 0 Å². The Morgan fingerprint density at radius 2 is 1.67 bits per heavy atom. The zero-order valence-corrected chi connectivity index (χ0v) is 16.2. The summed E-state index contributed by atoms with van der Waals surface area (Å²) in [7, 11) is 0. The topological polar surface area (TPSA) is 58.2 Å². The van der Waals surface area contributed by atoms with Crippen LogP contribution in [0.3, 0.4) is 0 Å². The number of hydrogen-bond acceptors (Lipinski definition) is 2. The standard InChI is InChI=1S/C18H26Cl2N2O2/c1-12(2)7-9-21-16(23)18(3,4)17(24)22-10-8-13-5-6-14(19)11-15(13)20/h5-6,11-12H,7-10H2,1-4H3,(H,21,23)(H,22,24). The van der Waals surface area contributed by atoms with Gasteiger partial charge in [0, 0.05) is 23.1 Å². The molecule has 0 fully saturated rings. The van der Waals surface area contributed by atoms with E-state index in [-0.39, 0.29) is 11.8 Å². The zero-order valence-electron chi connectivity index (χ0n) is 14.7. The van der Waals surface area contributed by atoms with Crippen LogP contribution in [-0.4, -0.2) is 24.9 Å². The number of rotatable bonds is 8. The minimum atomic E-state index is -1.11. The predicted octanol–water partition coefficient (Wildman–Crippen LogP) is 3.84. The number of carbonyl (C=O) groups excluding carboxylic acids is 2. The number of nitrogens with one attached hydrogen (secondary N) is 2. The molecule has 0 aromatic heterocycles. The van der Waals surface area contributed by atoms with Crippen molar-refractivity contribution in [2.24, 2.45) is 11.3 Å². The average molecular weight is 373 g/mol. The molecule has 0 aliphatic heterocycles. The summed E-state index contributed by atoms with van der Waals surface area (Å²) in [4.78, 5) is 24.5. The van der Waals surface area contributed by atoms with Crippen molar-refractivity contribution in [2.45, 2.75) is 40.5 Å². The maximum Gasteiger partial charge on any atom is 0.235 e. The molecule has 24 heavy (non-hydrogen) atoms. The van der Waals surface area contributed by atoms with Gasteiger partial charge in [-0.2, -0.15) is 0 Å². The van der Waals surface area contributed by atoms with Crippen LogP contribution in [-0.2, 0) is 16.0 Å². The normalized spacial score (nSPS) is 11.5. The van der Waals surface area contributed by atoms with Crippen LogP contribution < -0.4 is 10.6 Å². The van der Waals surface area contributed by atoms with Gasteiger partial charge >= 0.3 is 0 Å². The van der Waals surface area contributed by atoms with Crippen molar-refractivity contribution in [2.75, 3.05) is 13.1 Å². The summed E-state index contributed by atoms with van der Waals surface area (Å²) in [6, 6.07) is 5.27. The van der Waals surface area contributed by atoms with E-state index >= 15 is 0 Å². The Labute approximate surface area is 154 Å². The molecule has 134 valence electrons. The van der Waals surface area contributed by atoms with Crippen LogP contribution in [0, 0.1) is 11.3 Å². The first-order valence-electron chi connectivity index (χ1n) is 8.15. The molecule has 0 aliphatic carbocycles. The minimum absolute atomic E-state index is 0.259. The monoisotopic (exact) mass is 372 g/mol. The van der Waals surface area contributed by atoms with Crippen LogP contribution in [0.25, 0.3) is 0 Å². The molecule has 0 bridgehead atoms. The molecule has 0 saturated carbocycles. The molecule has 2 N–H and O–H groups in total. The molecule has 0 unspecified atom stereocenters. The summed E-state index contributed by atoms with van der Waals surface area (Å²) >= 11 is 12.0. The van der Waals surface area contributed by atoms with Crippen LogP contribution in [0.4, 0.5) is 0 Å². The lowest BCUT2D eigenvalue weighted by molar-refractivity contribution is -0.141. The highest BCUT2D eigenvalue weighted by Crippen LogP contribution is 2.21. The highest BCUT2D eigenvalue weighted by atomic mass is 35.5. The maximum atomic E-state index is 12.3. The van der Waals surface area contributed by atoms with Gasteiger partial charge in [0.1, 0.15) is 5.41 Å². The number of amides is 2. The van der Waals surface area contributed by atoms with Crippen molar-refractivity contribution in [3.8, 4) is 0 Å². The number of hydrogen-bond donors (Lipinski definition) is 2. The Balaban J connectivity index is 2.48. The molecule has 1 aromatic carbocycles. The molecule has 0 spiro atoms. The highest BCUT2D eigenvalue weighted by molar-refractivity contribution is 6.35. The second-order valence-corrected chi connectivity index (χ2v) is 7.65. The van der Waals surface area contributed by atoms with Crippen molar-refractivity contribution >= 4 is 35.0 Å². The van der Waals surface area contributed by atoms with E-state index < -0.39 is 5.41 Å². The van der Waals surface area contributed by atoms with Crippen molar-refractivity contribution < 1.29 is 9.59 Å². The van der Waals surface area contributed by atoms with E-state index in [1.54, 1.807) is 26.0 Å². The molecule has 0 atom stereocenters. The Morgan fingerprint density at radius 1 is 1.08 bits per heavy atom. The van der Waals surface area contributed by atoms with E-state index in [0.717, 1.165) is 12.0 Å². The summed E-state index contributed by atoms with van der Waals surface area (Å²) in [6.07, 6.45) is 1.46. The SMILES string of the molecule is CC(C)CCNC(=O)C(C)(C)C(=O)NCCc1ccc(Cl)cc1Cl. The van der Waals surface area contributed by atoms with Gasteiger partial charge in [-0.3, -0.25) is 9.59 Å². The molecule has 0 aliphatic rings. The maximum absolute atomic E-state index is 12.3. The smallest absolute Gasteiger partial charge is 0.235 e. The Hall–Kier alpha value is -1.26. The van der Waals surface area contributed by atoms with Crippen molar-refractivity contribution in [1.82, 2.24) is 10.6 Å². The molecule has 0 heterocycles. The van der Waals surface area contributed by atoms with Gasteiger partial charge in [0.2, 0.25) is 11.8 Å². The van der Waals surface area contributed by atoms with Crippen molar-refractivity contribution in [1.29, 1.82) is 0 Å². The van der Waals surface area contributed by atoms with E-state index in [1.807, 2.05) is 6.07 Å². The molecule has 1 rings (SSSR count). The summed E-state index contributed by atoms with van der Waals surface area (Å²) in [5.41, 5.74) is -0.207. The summed E-state index contributed by atoms with van der Waals surface area (Å²) in [5.74, 6) is -0.0498. The largest absolute Gasteiger partial charge is 0.355 e. The molecule has 0 saturated heterocycles. The van der Waals surface area contributed by atoms with Crippen LogP contribution in [0.15, 0.2) is 18.2 Å². The first-order chi connectivity index (χ1) is 11.1. The predicted molar refractivity (Wildman–Crippen MR) is 99.4 cm³/mol. The van der Waals surface area contributed by atoms with E-state index in [4.69, 9.17) is 23.2 Å². The minimum Gasteiger partial charge on any atom is -0.355 e. The van der Waals surface area contributed by atoms with Gasteiger partial charge in [-0.15, -0.1) is 0 Å². The quantitative estimate of drug-likeness (QED) is 0.681. The Bertz CT molecular complexity index is 586. The third kappa shape index (κ3) is 6.33. The van der Waals surface area contributed by atoms with Crippen molar-refractivity contribution in [3.05, 3.63) is 33.8 Å². The van der Waals surface area contributed by atoms with E-state index in [2.05, 4.69) is 24.5 Å². The molecule has 4 nitrogen and oxygen atoms in total. The summed E-state index contributed by atoms with van der Waals surface area (Å²) in [6.45, 7) is 8.42. The van der Waals surface area contributed by atoms with E-state index in [9.17, 15) is 9.59 Å². The second kappa shape index (κ2) is 9.28. The second-order valence-electron chi connectivity index (χ2n) is 6.81. The average Bonchev–Trinajstić information content (AvgIpc) is 2.48. The Morgan fingerprint density at radius 3 is 2.21 bits per heavy atom. The third-order valence-electron chi connectivity index (χ3n) is 3.84. The Kier molecular flexibility index (Phi) is 8.04. The lowest BCUT2D eigenvalue weighted by Crippen LogP contribution is -2.48. The van der Waals surface area contributed by atoms with E-state index in [0.29, 0.717) is 35.5 Å². The van der Waals surface area contributed by atoms with Gasteiger partial charge in [0.15, 0.2) is 0 Å². The lowest BCUT2D eigenvalue weighted by Gasteiger charge is -2.23. The van der Waals surface area contributed by atoms with Crippen LogP contribution in [0.5, 0.6) is 0 Å². The van der Waals surface area contributed by atoms with Crippen LogP contribution in [0.1, 0.15) is 39.7 Å². The van der Waals surface area contributed by atoms with Crippen LogP contribution in [0.2, 0.25) is 10.0 Å². The van der Waals surface area contributed by atoms with Gasteiger partial charge in [0.05, 0.1) is 0 Å². The number of benzene rings is 1. The fourth-order valence-electron chi connectivity index (χ4n) is 2.05. The van der Waals surface area contributed by atoms with Gasteiger partial charge in [0.25, 0.3) is 0 Å². The van der Waals surface area contributed by atoms with Gasteiger partial charge < -0.3 is 10.6 Å². The fourth-order valence-corrected chi connectivity index (χ4v) is 2.56. The molecule has 6 heteroatoms. The summed E-state index contributed by atoms with van der Waals surface area (Å²) < 4.78 is 0. The summed E-state index contributed by atoms with van der Waals surface area (Å²) in [5, 5.41) is 6.77. The van der Waals surface area contributed by atoms with Crippen molar-refractivity contribution in [3.63, 3.8) is 0 Å². The molecular weight excluding hydrogens is 347 g/mol. The lowest BCUT2D eigenvalue weighted by atomic mass is 9.91. The van der Waals surface area contributed by atoms with Crippen LogP contribution >= 0.6 is 23.2 Å². The first-order valence-corrected chi connectivity index (χ1v) is 8.90. The van der Waals surface area contributed by atoms with Gasteiger partial charge in [-0.05, 0) is 50.3 Å². The van der Waals surface area contributed by atoms with Gasteiger partial charge in [-0.1, -0.05) is 43.1 Å². The number of carbonyl (C=O) groups is 2.